The van der Waals surface area contributed by atoms with E-state index in [0.717, 1.165) is 0 Å². The average molecular weight is 444 g/mol. The van der Waals surface area contributed by atoms with Crippen molar-refractivity contribution in [1.29, 1.82) is 0 Å². The van der Waals surface area contributed by atoms with Gasteiger partial charge in [-0.05, 0) is 23.8 Å². The van der Waals surface area contributed by atoms with Crippen LogP contribution in [0.5, 0.6) is 34.5 Å². The fourth-order valence-corrected chi connectivity index (χ4v) is 3.24. The minimum atomic E-state index is -0.528. The third kappa shape index (κ3) is 4.41. The van der Waals surface area contributed by atoms with Gasteiger partial charge in [-0.3, -0.25) is 4.79 Å². The average Bonchev–Trinajstić information content (AvgIpc) is 2.82. The maximum atomic E-state index is 13.3. The first-order valence-corrected chi connectivity index (χ1v) is 9.56. The predicted molar refractivity (Wildman–Crippen MR) is 114 cm³/mol. The summed E-state index contributed by atoms with van der Waals surface area (Å²) in [5.41, 5.74) is 1.30. The van der Waals surface area contributed by atoms with E-state index in [4.69, 9.17) is 28.4 Å². The zero-order valence-corrected chi connectivity index (χ0v) is 18.5. The van der Waals surface area contributed by atoms with Gasteiger partial charge in [0.15, 0.2) is 35.4 Å². The van der Waals surface area contributed by atoms with Gasteiger partial charge in [0.2, 0.25) is 5.75 Å². The zero-order valence-electron chi connectivity index (χ0n) is 18.5. The molecule has 0 fully saturated rings. The molecule has 0 saturated heterocycles. The first-order chi connectivity index (χ1) is 15.5. The molecule has 1 aliphatic rings. The lowest BCUT2D eigenvalue weighted by Crippen LogP contribution is -2.20. The highest BCUT2D eigenvalue weighted by Crippen LogP contribution is 2.47. The molecule has 0 N–H and O–H groups in total. The number of ketones is 1. The second-order valence-corrected chi connectivity index (χ2v) is 6.58. The molecule has 2 aromatic carbocycles. The Hall–Kier alpha value is -3.88. The van der Waals surface area contributed by atoms with Crippen molar-refractivity contribution in [3.8, 4) is 34.5 Å². The number of rotatable bonds is 8. The SMILES string of the molecule is COC(=O)COc1cc(/C=C2\COc3cc(OC)c(OC)c(OC)c3C2=O)ccc1OC. The zero-order chi connectivity index (χ0) is 23.3. The maximum absolute atomic E-state index is 13.3. The Morgan fingerprint density at radius 3 is 2.28 bits per heavy atom. The van der Waals surface area contributed by atoms with Crippen LogP contribution in [0.3, 0.4) is 0 Å². The Morgan fingerprint density at radius 2 is 1.66 bits per heavy atom. The van der Waals surface area contributed by atoms with Crippen LogP contribution in [-0.2, 0) is 9.53 Å². The van der Waals surface area contributed by atoms with Crippen LogP contribution in [0.15, 0.2) is 29.8 Å². The van der Waals surface area contributed by atoms with Gasteiger partial charge < -0.3 is 33.2 Å². The summed E-state index contributed by atoms with van der Waals surface area (Å²) < 4.78 is 37.3. The molecule has 1 heterocycles. The number of methoxy groups -OCH3 is 5. The summed E-state index contributed by atoms with van der Waals surface area (Å²) in [7, 11) is 7.16. The van der Waals surface area contributed by atoms with Crippen LogP contribution in [0.25, 0.3) is 6.08 Å². The van der Waals surface area contributed by atoms with Crippen LogP contribution < -0.4 is 28.4 Å². The molecule has 0 saturated carbocycles. The minimum absolute atomic E-state index is 0.0504. The van der Waals surface area contributed by atoms with E-state index < -0.39 is 5.97 Å². The van der Waals surface area contributed by atoms with Gasteiger partial charge in [-0.15, -0.1) is 0 Å². The van der Waals surface area contributed by atoms with Gasteiger partial charge in [-0.1, -0.05) is 6.07 Å². The first kappa shape index (κ1) is 22.8. The second-order valence-electron chi connectivity index (χ2n) is 6.58. The molecule has 0 aromatic heterocycles. The summed E-state index contributed by atoms with van der Waals surface area (Å²) in [5.74, 6) is 1.25. The molecule has 0 spiro atoms. The lowest BCUT2D eigenvalue weighted by Gasteiger charge is -2.23. The molecule has 0 bridgehead atoms. The van der Waals surface area contributed by atoms with Crippen LogP contribution in [0.4, 0.5) is 0 Å². The molecule has 3 rings (SSSR count). The fraction of sp³-hybridized carbons (Fsp3) is 0.304. The van der Waals surface area contributed by atoms with Gasteiger partial charge in [-0.2, -0.15) is 0 Å². The number of Topliss-reactive ketones (excluding diaryl/α,β-unsaturated/α-hetero) is 1. The van der Waals surface area contributed by atoms with E-state index in [9.17, 15) is 9.59 Å². The lowest BCUT2D eigenvalue weighted by atomic mass is 9.96. The molecule has 170 valence electrons. The van der Waals surface area contributed by atoms with E-state index in [1.807, 2.05) is 0 Å². The Morgan fingerprint density at radius 1 is 0.938 bits per heavy atom. The van der Waals surface area contributed by atoms with Crippen molar-refractivity contribution >= 4 is 17.8 Å². The number of carbonyl (C=O) groups is 2. The predicted octanol–water partition coefficient (Wildman–Crippen LogP) is 2.93. The van der Waals surface area contributed by atoms with Crippen molar-refractivity contribution in [3.05, 3.63) is 41.0 Å². The molecule has 0 aliphatic carbocycles. The minimum Gasteiger partial charge on any atom is -0.493 e. The third-order valence-corrected chi connectivity index (χ3v) is 4.80. The molecule has 9 heteroatoms. The largest absolute Gasteiger partial charge is 0.493 e. The Kier molecular flexibility index (Phi) is 7.09. The van der Waals surface area contributed by atoms with Gasteiger partial charge in [0.05, 0.1) is 35.5 Å². The van der Waals surface area contributed by atoms with E-state index in [1.165, 1.54) is 35.5 Å². The summed E-state index contributed by atoms with van der Waals surface area (Å²) in [4.78, 5) is 24.7. The van der Waals surface area contributed by atoms with E-state index in [2.05, 4.69) is 4.74 Å². The maximum Gasteiger partial charge on any atom is 0.343 e. The molecule has 0 unspecified atom stereocenters. The third-order valence-electron chi connectivity index (χ3n) is 4.80. The van der Waals surface area contributed by atoms with E-state index >= 15 is 0 Å². The molecule has 1 aliphatic heterocycles. The summed E-state index contributed by atoms with van der Waals surface area (Å²) >= 11 is 0. The number of ether oxygens (including phenoxy) is 7. The van der Waals surface area contributed by atoms with Crippen molar-refractivity contribution in [2.75, 3.05) is 48.8 Å². The lowest BCUT2D eigenvalue weighted by molar-refractivity contribution is -0.142. The van der Waals surface area contributed by atoms with Crippen molar-refractivity contribution < 1.29 is 42.7 Å². The molecule has 0 amide bonds. The topological polar surface area (TPSA) is 98.8 Å². The van der Waals surface area contributed by atoms with Gasteiger partial charge in [0, 0.05) is 11.6 Å². The van der Waals surface area contributed by atoms with E-state index in [0.29, 0.717) is 39.9 Å². The quantitative estimate of drug-likeness (QED) is 0.449. The summed E-state index contributed by atoms with van der Waals surface area (Å²) in [6.07, 6.45) is 1.67. The highest BCUT2D eigenvalue weighted by molar-refractivity contribution is 6.16. The standard InChI is InChI=1S/C23H24O9/c1-26-15-7-6-13(9-16(15)32-12-19(24)28-3)8-14-11-31-17-10-18(27-2)22(29-4)23(30-5)20(17)21(14)25/h6-10H,11-12H2,1-5H3/b14-8+. The second kappa shape index (κ2) is 9.95. The van der Waals surface area contributed by atoms with Crippen LogP contribution in [0.1, 0.15) is 15.9 Å². The highest BCUT2D eigenvalue weighted by atomic mass is 16.6. The van der Waals surface area contributed by atoms with Crippen molar-refractivity contribution in [2.45, 2.75) is 0 Å². The van der Waals surface area contributed by atoms with Crippen molar-refractivity contribution in [1.82, 2.24) is 0 Å². The van der Waals surface area contributed by atoms with Crippen LogP contribution >= 0.6 is 0 Å². The molecular formula is C23H24O9. The van der Waals surface area contributed by atoms with Gasteiger partial charge >= 0.3 is 5.97 Å². The van der Waals surface area contributed by atoms with Crippen LogP contribution in [0, 0.1) is 0 Å². The molecule has 0 atom stereocenters. The fourth-order valence-electron chi connectivity index (χ4n) is 3.24. The van der Waals surface area contributed by atoms with Crippen molar-refractivity contribution in [3.63, 3.8) is 0 Å². The summed E-state index contributed by atoms with van der Waals surface area (Å²) in [6, 6.07) is 6.68. The first-order valence-electron chi connectivity index (χ1n) is 9.56. The highest BCUT2D eigenvalue weighted by Gasteiger charge is 2.32. The van der Waals surface area contributed by atoms with Crippen LogP contribution in [0.2, 0.25) is 0 Å². The smallest absolute Gasteiger partial charge is 0.343 e. The molecule has 32 heavy (non-hydrogen) atoms. The number of benzene rings is 2. The summed E-state index contributed by atoms with van der Waals surface area (Å²) in [6.45, 7) is -0.226. The normalized spacial score (nSPS) is 13.7. The number of esters is 1. The molecular weight excluding hydrogens is 420 g/mol. The van der Waals surface area contributed by atoms with Crippen molar-refractivity contribution in [2.24, 2.45) is 0 Å². The molecule has 2 aromatic rings. The Balaban J connectivity index is 1.98. The van der Waals surface area contributed by atoms with E-state index in [1.54, 1.807) is 30.3 Å². The summed E-state index contributed by atoms with van der Waals surface area (Å²) in [5, 5.41) is 0. The monoisotopic (exact) mass is 444 g/mol. The Labute approximate surface area is 185 Å². The molecule has 0 radical (unpaired) electrons. The Bertz CT molecular complexity index is 1060. The van der Waals surface area contributed by atoms with Gasteiger partial charge in [0.25, 0.3) is 0 Å². The van der Waals surface area contributed by atoms with Gasteiger partial charge in [-0.25, -0.2) is 4.79 Å². The number of hydrogen-bond donors (Lipinski definition) is 0. The van der Waals surface area contributed by atoms with Gasteiger partial charge in [0.1, 0.15) is 17.9 Å². The number of hydrogen-bond acceptors (Lipinski definition) is 9. The number of fused-ring (bicyclic) bond motifs is 1. The van der Waals surface area contributed by atoms with Crippen LogP contribution in [-0.4, -0.2) is 60.5 Å². The number of carbonyl (C=O) groups excluding carboxylic acids is 2. The van der Waals surface area contributed by atoms with E-state index in [-0.39, 0.29) is 30.3 Å². The molecule has 9 nitrogen and oxygen atoms in total.